The van der Waals surface area contributed by atoms with Gasteiger partial charge >= 0.3 is 0 Å². The zero-order chi connectivity index (χ0) is 21.9. The Balaban J connectivity index is 1.17. The van der Waals surface area contributed by atoms with Crippen LogP contribution in [0.2, 0.25) is 0 Å². The van der Waals surface area contributed by atoms with Crippen molar-refractivity contribution in [3.63, 3.8) is 0 Å². The number of anilines is 1. The van der Waals surface area contributed by atoms with Crippen molar-refractivity contribution in [2.24, 2.45) is 5.92 Å². The summed E-state index contributed by atoms with van der Waals surface area (Å²) in [5, 5.41) is 5.39. The third-order valence-electron chi connectivity index (χ3n) is 6.74. The van der Waals surface area contributed by atoms with Crippen molar-refractivity contribution in [3.05, 3.63) is 78.4 Å². The highest BCUT2D eigenvalue weighted by Gasteiger charge is 2.36. The van der Waals surface area contributed by atoms with E-state index in [0.717, 1.165) is 48.9 Å². The van der Waals surface area contributed by atoms with Crippen LogP contribution in [0.3, 0.4) is 0 Å². The van der Waals surface area contributed by atoms with Crippen molar-refractivity contribution in [2.75, 3.05) is 24.5 Å². The molecule has 0 saturated carbocycles. The molecule has 1 atom stereocenters. The zero-order valence-electron chi connectivity index (χ0n) is 18.2. The molecule has 2 saturated heterocycles. The van der Waals surface area contributed by atoms with Gasteiger partial charge in [0.25, 0.3) is 0 Å². The molecule has 0 aliphatic carbocycles. The fraction of sp³-hybridized carbons (Fsp3) is 0.333. The Kier molecular flexibility index (Phi) is 5.91. The molecule has 5 rings (SSSR count). The molecular formula is C27H29N3O2. The summed E-state index contributed by atoms with van der Waals surface area (Å²) in [6, 6.07) is 24.8. The van der Waals surface area contributed by atoms with E-state index in [9.17, 15) is 9.59 Å². The Bertz CT molecular complexity index is 1100. The van der Waals surface area contributed by atoms with Gasteiger partial charge in [0.1, 0.15) is 0 Å². The molecular weight excluding hydrogens is 398 g/mol. The van der Waals surface area contributed by atoms with E-state index in [4.69, 9.17) is 0 Å². The number of piperidine rings is 1. The van der Waals surface area contributed by atoms with Crippen LogP contribution in [0, 0.1) is 5.92 Å². The second-order valence-corrected chi connectivity index (χ2v) is 8.95. The van der Waals surface area contributed by atoms with E-state index in [0.29, 0.717) is 6.54 Å². The molecule has 2 aliphatic rings. The fourth-order valence-corrected chi connectivity index (χ4v) is 4.96. The van der Waals surface area contributed by atoms with Crippen molar-refractivity contribution in [3.8, 4) is 0 Å². The molecule has 32 heavy (non-hydrogen) atoms. The van der Waals surface area contributed by atoms with E-state index in [2.05, 4.69) is 34.5 Å². The van der Waals surface area contributed by atoms with Gasteiger partial charge in [0.05, 0.1) is 11.6 Å². The van der Waals surface area contributed by atoms with Crippen LogP contribution in [0.15, 0.2) is 72.8 Å². The summed E-state index contributed by atoms with van der Waals surface area (Å²) >= 11 is 0. The van der Waals surface area contributed by atoms with Gasteiger partial charge in [-0.25, -0.2) is 0 Å². The van der Waals surface area contributed by atoms with Crippen molar-refractivity contribution in [1.82, 2.24) is 10.2 Å². The van der Waals surface area contributed by atoms with Crippen LogP contribution in [-0.4, -0.2) is 42.4 Å². The number of carbonyl (C=O) groups is 2. The molecule has 2 amide bonds. The van der Waals surface area contributed by atoms with Gasteiger partial charge in [-0.15, -0.1) is 0 Å². The first-order valence-corrected chi connectivity index (χ1v) is 11.5. The Hall–Kier alpha value is -3.18. The summed E-state index contributed by atoms with van der Waals surface area (Å²) in [7, 11) is 0. The summed E-state index contributed by atoms with van der Waals surface area (Å²) in [4.78, 5) is 30.0. The summed E-state index contributed by atoms with van der Waals surface area (Å²) in [6.07, 6.45) is 2.18. The molecule has 3 aromatic rings. The van der Waals surface area contributed by atoms with Crippen molar-refractivity contribution >= 4 is 28.3 Å². The van der Waals surface area contributed by atoms with Crippen LogP contribution in [0.25, 0.3) is 10.8 Å². The smallest absolute Gasteiger partial charge is 0.227 e. The Morgan fingerprint density at radius 1 is 0.906 bits per heavy atom. The number of amides is 2. The lowest BCUT2D eigenvalue weighted by atomic mass is 10.0. The van der Waals surface area contributed by atoms with Crippen molar-refractivity contribution < 1.29 is 9.59 Å². The van der Waals surface area contributed by atoms with Crippen LogP contribution >= 0.6 is 0 Å². The molecule has 1 N–H and O–H groups in total. The molecule has 5 heteroatoms. The van der Waals surface area contributed by atoms with Crippen LogP contribution in [0.4, 0.5) is 5.69 Å². The number of carbonyl (C=O) groups excluding carboxylic acids is 2. The topological polar surface area (TPSA) is 52.7 Å². The number of hydrogen-bond donors (Lipinski definition) is 1. The molecule has 2 heterocycles. The van der Waals surface area contributed by atoms with Gasteiger partial charge in [-0.3, -0.25) is 14.5 Å². The van der Waals surface area contributed by atoms with Crippen molar-refractivity contribution in [1.29, 1.82) is 0 Å². The summed E-state index contributed by atoms with van der Waals surface area (Å²) in [6.45, 7) is 3.36. The minimum atomic E-state index is -0.288. The lowest BCUT2D eigenvalue weighted by molar-refractivity contribution is -0.127. The Labute approximate surface area is 189 Å². The molecule has 5 nitrogen and oxygen atoms in total. The minimum Gasteiger partial charge on any atom is -0.353 e. The Morgan fingerprint density at radius 3 is 2.44 bits per heavy atom. The van der Waals surface area contributed by atoms with Crippen LogP contribution in [-0.2, 0) is 16.1 Å². The van der Waals surface area contributed by atoms with Gasteiger partial charge in [0, 0.05) is 44.0 Å². The molecule has 0 bridgehead atoms. The van der Waals surface area contributed by atoms with E-state index >= 15 is 0 Å². The van der Waals surface area contributed by atoms with E-state index in [1.54, 1.807) is 4.90 Å². The van der Waals surface area contributed by atoms with Gasteiger partial charge < -0.3 is 10.2 Å². The zero-order valence-corrected chi connectivity index (χ0v) is 18.2. The first-order chi connectivity index (χ1) is 15.7. The summed E-state index contributed by atoms with van der Waals surface area (Å²) in [5.41, 5.74) is 2.23. The first-order valence-electron chi connectivity index (χ1n) is 11.5. The number of benzene rings is 3. The standard InChI is InChI=1S/C27H29N3O2/c31-26-17-22(19-30(26)25-12-6-10-21-9-4-5-11-24(21)25)27(32)28-23-13-15-29(16-14-23)18-20-7-2-1-3-8-20/h1-12,22-23H,13-19H2,(H,28,32). The molecule has 164 valence electrons. The second-order valence-electron chi connectivity index (χ2n) is 8.95. The average Bonchev–Trinajstić information content (AvgIpc) is 3.22. The summed E-state index contributed by atoms with van der Waals surface area (Å²) < 4.78 is 0. The number of nitrogens with one attached hydrogen (secondary N) is 1. The van der Waals surface area contributed by atoms with E-state index < -0.39 is 0 Å². The van der Waals surface area contributed by atoms with Gasteiger partial charge in [0.2, 0.25) is 11.8 Å². The number of rotatable bonds is 5. The van der Waals surface area contributed by atoms with Gasteiger partial charge in [0.15, 0.2) is 0 Å². The highest BCUT2D eigenvalue weighted by molar-refractivity contribution is 6.07. The molecule has 0 radical (unpaired) electrons. The maximum absolute atomic E-state index is 13.0. The molecule has 1 unspecified atom stereocenters. The normalized spacial score (nSPS) is 20.1. The maximum Gasteiger partial charge on any atom is 0.227 e. The van der Waals surface area contributed by atoms with Crippen molar-refractivity contribution in [2.45, 2.75) is 31.8 Å². The first kappa shape index (κ1) is 20.7. The average molecular weight is 428 g/mol. The molecule has 3 aromatic carbocycles. The van der Waals surface area contributed by atoms with E-state index in [1.807, 2.05) is 48.5 Å². The van der Waals surface area contributed by atoms with E-state index in [1.165, 1.54) is 5.56 Å². The summed E-state index contributed by atoms with van der Waals surface area (Å²) in [5.74, 6) is -0.245. The minimum absolute atomic E-state index is 0.0163. The molecule has 2 aliphatic heterocycles. The predicted octanol–water partition coefficient (Wildman–Crippen LogP) is 3.97. The van der Waals surface area contributed by atoms with Crippen LogP contribution < -0.4 is 10.2 Å². The largest absolute Gasteiger partial charge is 0.353 e. The molecule has 0 spiro atoms. The fourth-order valence-electron chi connectivity index (χ4n) is 4.96. The van der Waals surface area contributed by atoms with Crippen LogP contribution in [0.1, 0.15) is 24.8 Å². The van der Waals surface area contributed by atoms with E-state index in [-0.39, 0.29) is 30.2 Å². The third-order valence-corrected chi connectivity index (χ3v) is 6.74. The lowest BCUT2D eigenvalue weighted by Crippen LogP contribution is -2.46. The number of likely N-dealkylation sites (tertiary alicyclic amines) is 1. The number of nitrogens with zero attached hydrogens (tertiary/aromatic N) is 2. The van der Waals surface area contributed by atoms with Gasteiger partial charge in [-0.2, -0.15) is 0 Å². The maximum atomic E-state index is 13.0. The highest BCUT2D eigenvalue weighted by atomic mass is 16.2. The Morgan fingerprint density at radius 2 is 1.62 bits per heavy atom. The number of fused-ring (bicyclic) bond motifs is 1. The molecule has 2 fully saturated rings. The lowest BCUT2D eigenvalue weighted by Gasteiger charge is -2.32. The predicted molar refractivity (Wildman–Crippen MR) is 127 cm³/mol. The monoisotopic (exact) mass is 427 g/mol. The van der Waals surface area contributed by atoms with Crippen LogP contribution in [0.5, 0.6) is 0 Å². The molecule has 0 aromatic heterocycles. The van der Waals surface area contributed by atoms with Gasteiger partial charge in [-0.05, 0) is 29.9 Å². The second kappa shape index (κ2) is 9.13. The number of hydrogen-bond acceptors (Lipinski definition) is 3. The third kappa shape index (κ3) is 4.39. The SMILES string of the molecule is O=C(NC1CCN(Cc2ccccc2)CC1)C1CC(=O)N(c2cccc3ccccc23)C1. The quantitative estimate of drug-likeness (QED) is 0.670. The highest BCUT2D eigenvalue weighted by Crippen LogP contribution is 2.32. The van der Waals surface area contributed by atoms with Gasteiger partial charge in [-0.1, -0.05) is 66.7 Å².